The summed E-state index contributed by atoms with van der Waals surface area (Å²) in [7, 11) is 7.71. The van der Waals surface area contributed by atoms with Crippen LogP contribution in [0.3, 0.4) is 0 Å². The zero-order valence-electron chi connectivity index (χ0n) is 16.8. The number of Topliss-reactive ketones (excluding diaryl/α,β-unsaturated/α-hetero) is 1. The molecule has 0 bridgehead atoms. The lowest BCUT2D eigenvalue weighted by Gasteiger charge is -2.12. The summed E-state index contributed by atoms with van der Waals surface area (Å²) in [5, 5.41) is 0. The predicted molar refractivity (Wildman–Crippen MR) is 105 cm³/mol. The van der Waals surface area contributed by atoms with E-state index in [0.717, 1.165) is 0 Å². The van der Waals surface area contributed by atoms with E-state index in [1.54, 1.807) is 44.4 Å². The van der Waals surface area contributed by atoms with Crippen LogP contribution in [-0.4, -0.2) is 52.2 Å². The van der Waals surface area contributed by atoms with Crippen molar-refractivity contribution in [3.63, 3.8) is 0 Å². The lowest BCUT2D eigenvalue weighted by atomic mass is 10.1. The Morgan fingerprint density at radius 2 is 1.62 bits per heavy atom. The molecule has 152 valence electrons. The summed E-state index contributed by atoms with van der Waals surface area (Å²) in [6.07, 6.45) is 1.04. The number of benzene rings is 2. The fourth-order valence-electron chi connectivity index (χ4n) is 2.73. The summed E-state index contributed by atoms with van der Waals surface area (Å²) in [5.41, 5.74) is 0.959. The molecule has 0 spiro atoms. The normalized spacial score (nSPS) is 13.6. The van der Waals surface area contributed by atoms with Gasteiger partial charge in [-0.05, 0) is 24.3 Å². The second-order valence-corrected chi connectivity index (χ2v) is 6.31. The maximum absolute atomic E-state index is 12.7. The number of hydrogen-bond acceptors (Lipinski definition) is 7. The molecule has 8 nitrogen and oxygen atoms in total. The van der Waals surface area contributed by atoms with Crippen molar-refractivity contribution in [2.24, 2.45) is 0 Å². The van der Waals surface area contributed by atoms with Gasteiger partial charge in [-0.15, -0.1) is 0 Å². The number of hydrogen-bond donors (Lipinski definition) is 0. The highest BCUT2D eigenvalue weighted by Crippen LogP contribution is 2.39. The van der Waals surface area contributed by atoms with Crippen molar-refractivity contribution in [3.05, 3.63) is 47.2 Å². The minimum absolute atomic E-state index is 0.113. The van der Waals surface area contributed by atoms with Crippen molar-refractivity contribution < 1.29 is 33.3 Å². The van der Waals surface area contributed by atoms with Crippen molar-refractivity contribution in [2.75, 3.05) is 35.4 Å². The number of nitrogens with zero attached hydrogens (tertiary/aromatic N) is 1. The number of methoxy groups -OCH3 is 3. The Balaban J connectivity index is 1.93. The van der Waals surface area contributed by atoms with E-state index in [0.29, 0.717) is 34.1 Å². The lowest BCUT2D eigenvalue weighted by Crippen LogP contribution is -2.25. The molecule has 0 saturated carbocycles. The van der Waals surface area contributed by atoms with Gasteiger partial charge in [0.15, 0.2) is 17.3 Å². The molecule has 8 heteroatoms. The minimum atomic E-state index is -0.528. The van der Waals surface area contributed by atoms with E-state index < -0.39 is 6.09 Å². The number of ether oxygens (including phenoxy) is 5. The molecule has 2 aromatic carbocycles. The van der Waals surface area contributed by atoms with Crippen LogP contribution in [0.1, 0.15) is 15.9 Å². The summed E-state index contributed by atoms with van der Waals surface area (Å²) in [6, 6.07) is 7.95. The maximum atomic E-state index is 12.7. The Morgan fingerprint density at radius 1 is 0.966 bits per heavy atom. The summed E-state index contributed by atoms with van der Waals surface area (Å²) in [5.74, 6) is 1.89. The van der Waals surface area contributed by atoms with Gasteiger partial charge in [0, 0.05) is 31.8 Å². The Labute approximate surface area is 168 Å². The van der Waals surface area contributed by atoms with Gasteiger partial charge in [-0.2, -0.15) is 0 Å². The summed E-state index contributed by atoms with van der Waals surface area (Å²) < 4.78 is 26.9. The number of carbonyl (C=O) groups excluding carboxylic acids is 2. The fourth-order valence-corrected chi connectivity index (χ4v) is 2.73. The highest BCUT2D eigenvalue weighted by molar-refractivity contribution is 6.14. The van der Waals surface area contributed by atoms with E-state index in [4.69, 9.17) is 23.7 Å². The molecule has 1 aliphatic heterocycles. The number of carbonyl (C=O) groups is 2. The monoisotopic (exact) mass is 399 g/mol. The van der Waals surface area contributed by atoms with E-state index in [1.807, 2.05) is 0 Å². The van der Waals surface area contributed by atoms with Crippen LogP contribution in [0.4, 0.5) is 4.79 Å². The second-order valence-electron chi connectivity index (χ2n) is 6.31. The number of fused-ring (bicyclic) bond motifs is 1. The van der Waals surface area contributed by atoms with Gasteiger partial charge in [0.25, 0.3) is 0 Å². The van der Waals surface area contributed by atoms with Gasteiger partial charge in [-0.25, -0.2) is 4.79 Å². The van der Waals surface area contributed by atoms with Crippen molar-refractivity contribution in [1.29, 1.82) is 0 Å². The van der Waals surface area contributed by atoms with Crippen molar-refractivity contribution in [1.82, 2.24) is 4.90 Å². The van der Waals surface area contributed by atoms with Crippen LogP contribution < -0.4 is 23.7 Å². The average Bonchev–Trinajstić information content (AvgIpc) is 3.02. The van der Waals surface area contributed by atoms with Crippen LogP contribution in [0, 0.1) is 0 Å². The third kappa shape index (κ3) is 3.96. The molecular weight excluding hydrogens is 378 g/mol. The van der Waals surface area contributed by atoms with E-state index in [-0.39, 0.29) is 17.3 Å². The molecule has 0 atom stereocenters. The zero-order valence-corrected chi connectivity index (χ0v) is 16.8. The standard InChI is InChI=1S/C21H21NO7/c1-22(2)21(24)28-13-6-7-14-16(10-13)29-19(20(14)23)9-12-8-17(26-4)18(27-5)11-15(12)25-3/h6-11H,1-5H3. The molecule has 0 N–H and O–H groups in total. The number of amides is 1. The van der Waals surface area contributed by atoms with Gasteiger partial charge in [0.05, 0.1) is 26.9 Å². The Kier molecular flexibility index (Phi) is 5.63. The van der Waals surface area contributed by atoms with Gasteiger partial charge < -0.3 is 28.6 Å². The molecule has 1 aliphatic rings. The number of rotatable bonds is 5. The third-order valence-electron chi connectivity index (χ3n) is 4.23. The fraction of sp³-hybridized carbons (Fsp3) is 0.238. The van der Waals surface area contributed by atoms with Crippen molar-refractivity contribution in [3.8, 4) is 28.7 Å². The highest BCUT2D eigenvalue weighted by Gasteiger charge is 2.28. The Bertz CT molecular complexity index is 995. The van der Waals surface area contributed by atoms with E-state index in [9.17, 15) is 9.59 Å². The predicted octanol–water partition coefficient (Wildman–Crippen LogP) is 3.39. The molecule has 3 rings (SSSR count). The highest BCUT2D eigenvalue weighted by atomic mass is 16.6. The minimum Gasteiger partial charge on any atom is -0.496 e. The first-order chi connectivity index (χ1) is 13.9. The lowest BCUT2D eigenvalue weighted by molar-refractivity contribution is 0.101. The largest absolute Gasteiger partial charge is 0.496 e. The SMILES string of the molecule is COc1cc(OC)c(OC)cc1C=C1Oc2cc(OC(=O)N(C)C)ccc2C1=O. The zero-order chi connectivity index (χ0) is 21.1. The van der Waals surface area contributed by atoms with Gasteiger partial charge in [0.2, 0.25) is 5.78 Å². The Morgan fingerprint density at radius 3 is 2.24 bits per heavy atom. The molecule has 0 aliphatic carbocycles. The molecule has 0 aromatic heterocycles. The first-order valence-electron chi connectivity index (χ1n) is 8.65. The van der Waals surface area contributed by atoms with E-state index >= 15 is 0 Å². The molecule has 0 unspecified atom stereocenters. The number of ketones is 1. The third-order valence-corrected chi connectivity index (χ3v) is 4.23. The van der Waals surface area contributed by atoms with Crippen LogP contribution >= 0.6 is 0 Å². The van der Waals surface area contributed by atoms with Crippen LogP contribution in [0.2, 0.25) is 0 Å². The van der Waals surface area contributed by atoms with Crippen LogP contribution in [-0.2, 0) is 0 Å². The van der Waals surface area contributed by atoms with Crippen molar-refractivity contribution >= 4 is 18.0 Å². The van der Waals surface area contributed by atoms with Gasteiger partial charge in [-0.1, -0.05) is 0 Å². The van der Waals surface area contributed by atoms with Crippen molar-refractivity contribution in [2.45, 2.75) is 0 Å². The maximum Gasteiger partial charge on any atom is 0.414 e. The first kappa shape index (κ1) is 20.1. The van der Waals surface area contributed by atoms with Gasteiger partial charge in [0.1, 0.15) is 17.2 Å². The topological polar surface area (TPSA) is 83.5 Å². The summed E-state index contributed by atoms with van der Waals surface area (Å²) in [4.78, 5) is 25.7. The van der Waals surface area contributed by atoms with E-state index in [2.05, 4.69) is 0 Å². The molecule has 0 saturated heterocycles. The van der Waals surface area contributed by atoms with Crippen LogP contribution in [0.5, 0.6) is 28.7 Å². The smallest absolute Gasteiger partial charge is 0.414 e. The molecule has 1 amide bonds. The molecule has 0 fully saturated rings. The summed E-state index contributed by atoms with van der Waals surface area (Å²) in [6.45, 7) is 0. The van der Waals surface area contributed by atoms with Gasteiger partial charge in [-0.3, -0.25) is 4.79 Å². The molecule has 29 heavy (non-hydrogen) atoms. The average molecular weight is 399 g/mol. The van der Waals surface area contributed by atoms with Gasteiger partial charge >= 0.3 is 6.09 Å². The van der Waals surface area contributed by atoms with Crippen LogP contribution in [0.15, 0.2) is 36.1 Å². The number of allylic oxidation sites excluding steroid dienone is 1. The molecule has 1 heterocycles. The van der Waals surface area contributed by atoms with E-state index in [1.165, 1.54) is 32.3 Å². The molecule has 0 radical (unpaired) electrons. The second kappa shape index (κ2) is 8.14. The summed E-state index contributed by atoms with van der Waals surface area (Å²) >= 11 is 0. The first-order valence-corrected chi connectivity index (χ1v) is 8.65. The molecular formula is C21H21NO7. The Hall–Kier alpha value is -3.68. The van der Waals surface area contributed by atoms with Crippen LogP contribution in [0.25, 0.3) is 6.08 Å². The molecule has 2 aromatic rings. The quantitative estimate of drug-likeness (QED) is 0.713.